The maximum atomic E-state index is 6.29. The Balaban J connectivity index is 1.33. The van der Waals surface area contributed by atoms with Crippen molar-refractivity contribution in [2.45, 2.75) is 32.4 Å². The van der Waals surface area contributed by atoms with Crippen LogP contribution in [0.1, 0.15) is 22.8 Å². The van der Waals surface area contributed by atoms with E-state index in [9.17, 15) is 0 Å². The molecular formula is C19H27N5O2S. The summed E-state index contributed by atoms with van der Waals surface area (Å²) in [5.41, 5.74) is 1.85. The zero-order valence-electron chi connectivity index (χ0n) is 16.0. The summed E-state index contributed by atoms with van der Waals surface area (Å²) >= 11 is 1.71. The van der Waals surface area contributed by atoms with Gasteiger partial charge in [-0.1, -0.05) is 0 Å². The lowest BCUT2D eigenvalue weighted by Crippen LogP contribution is -2.44. The van der Waals surface area contributed by atoms with E-state index in [1.165, 1.54) is 0 Å². The predicted molar refractivity (Wildman–Crippen MR) is 105 cm³/mol. The van der Waals surface area contributed by atoms with Crippen molar-refractivity contribution in [3.63, 3.8) is 0 Å². The number of rotatable bonds is 5. The highest BCUT2D eigenvalue weighted by molar-refractivity contribution is 7.09. The molecule has 2 fully saturated rings. The number of aryl methyl sites for hydroxylation is 2. The van der Waals surface area contributed by atoms with Crippen LogP contribution in [0.5, 0.6) is 0 Å². The van der Waals surface area contributed by atoms with Crippen molar-refractivity contribution in [2.24, 2.45) is 5.92 Å². The van der Waals surface area contributed by atoms with Gasteiger partial charge < -0.3 is 14.8 Å². The molecule has 2 aliphatic heterocycles. The molecule has 7 nitrogen and oxygen atoms in total. The van der Waals surface area contributed by atoms with Crippen molar-refractivity contribution in [1.29, 1.82) is 0 Å². The Kier molecular flexibility index (Phi) is 5.68. The van der Waals surface area contributed by atoms with Crippen molar-refractivity contribution in [3.05, 3.63) is 33.9 Å². The third-order valence-corrected chi connectivity index (χ3v) is 5.96. The minimum absolute atomic E-state index is 0.215. The summed E-state index contributed by atoms with van der Waals surface area (Å²) in [5.74, 6) is 1.26. The molecule has 4 heterocycles. The number of ether oxygens (including phenoxy) is 2. The average Bonchev–Trinajstić information content (AvgIpc) is 3.18. The van der Waals surface area contributed by atoms with E-state index >= 15 is 0 Å². The summed E-state index contributed by atoms with van der Waals surface area (Å²) in [4.78, 5) is 7.03. The highest BCUT2D eigenvalue weighted by Crippen LogP contribution is 2.33. The van der Waals surface area contributed by atoms with Crippen LogP contribution in [0.25, 0.3) is 0 Å². The van der Waals surface area contributed by atoms with Crippen molar-refractivity contribution < 1.29 is 9.47 Å². The molecule has 0 aromatic carbocycles. The minimum Gasteiger partial charge on any atom is -0.377 e. The van der Waals surface area contributed by atoms with Crippen LogP contribution in [0.4, 0.5) is 5.82 Å². The van der Waals surface area contributed by atoms with Crippen molar-refractivity contribution in [2.75, 3.05) is 44.8 Å². The largest absolute Gasteiger partial charge is 0.377 e. The van der Waals surface area contributed by atoms with Gasteiger partial charge in [-0.3, -0.25) is 4.90 Å². The summed E-state index contributed by atoms with van der Waals surface area (Å²) in [7, 11) is 0. The summed E-state index contributed by atoms with van der Waals surface area (Å²) in [5, 5.41) is 14.9. The molecule has 27 heavy (non-hydrogen) atoms. The Hall–Kier alpha value is -1.61. The first-order valence-electron chi connectivity index (χ1n) is 9.49. The lowest BCUT2D eigenvalue weighted by atomic mass is 9.94. The average molecular weight is 390 g/mol. The van der Waals surface area contributed by atoms with Crippen LogP contribution in [0.15, 0.2) is 17.5 Å². The molecule has 8 heteroatoms. The number of thiazole rings is 1. The maximum Gasteiger partial charge on any atom is 0.148 e. The predicted octanol–water partition coefficient (Wildman–Crippen LogP) is 2.27. The van der Waals surface area contributed by atoms with Gasteiger partial charge in [-0.2, -0.15) is 5.10 Å². The van der Waals surface area contributed by atoms with E-state index in [4.69, 9.17) is 9.47 Å². The second-order valence-corrected chi connectivity index (χ2v) is 8.69. The molecule has 0 saturated carbocycles. The summed E-state index contributed by atoms with van der Waals surface area (Å²) in [6.07, 6.45) is 0.992. The molecule has 2 aromatic rings. The number of aromatic nitrogens is 3. The van der Waals surface area contributed by atoms with E-state index < -0.39 is 0 Å². The summed E-state index contributed by atoms with van der Waals surface area (Å²) < 4.78 is 12.2. The van der Waals surface area contributed by atoms with Gasteiger partial charge in [0.05, 0.1) is 36.2 Å². The number of nitrogens with one attached hydrogen (secondary N) is 1. The Morgan fingerprint density at radius 1 is 1.33 bits per heavy atom. The van der Waals surface area contributed by atoms with E-state index in [0.29, 0.717) is 12.5 Å². The first-order valence-corrected chi connectivity index (χ1v) is 10.4. The van der Waals surface area contributed by atoms with E-state index in [1.54, 1.807) is 11.3 Å². The summed E-state index contributed by atoms with van der Waals surface area (Å²) in [6.45, 7) is 9.67. The fourth-order valence-electron chi connectivity index (χ4n) is 3.85. The Bertz CT molecular complexity index is 753. The highest BCUT2D eigenvalue weighted by Gasteiger charge is 2.43. The van der Waals surface area contributed by atoms with Crippen LogP contribution < -0.4 is 5.32 Å². The van der Waals surface area contributed by atoms with Crippen molar-refractivity contribution in [1.82, 2.24) is 20.1 Å². The molecule has 0 radical (unpaired) electrons. The Labute approximate surface area is 164 Å². The number of hydrogen-bond acceptors (Lipinski definition) is 8. The van der Waals surface area contributed by atoms with Crippen LogP contribution in [0.2, 0.25) is 0 Å². The van der Waals surface area contributed by atoms with Crippen LogP contribution >= 0.6 is 11.3 Å². The molecule has 2 saturated heterocycles. The molecule has 4 rings (SSSR count). The van der Waals surface area contributed by atoms with E-state index in [-0.39, 0.29) is 5.60 Å². The standard InChI is InChI=1S/C19H27N5O2S/c1-14-3-4-18(23-22-14)20-8-16-7-19(26-10-16)12-24(5-6-25-13-19)9-17-11-27-15(2)21-17/h3-4,11,16H,5-10,12-13H2,1-2H3,(H,20,23)/t16-,19+/m1/s1. The Morgan fingerprint density at radius 2 is 2.26 bits per heavy atom. The molecule has 0 bridgehead atoms. The van der Waals surface area contributed by atoms with Gasteiger partial charge in [0.2, 0.25) is 0 Å². The molecule has 0 aliphatic carbocycles. The monoisotopic (exact) mass is 389 g/mol. The van der Waals surface area contributed by atoms with E-state index in [1.807, 2.05) is 19.1 Å². The zero-order valence-corrected chi connectivity index (χ0v) is 16.8. The molecule has 0 unspecified atom stereocenters. The van der Waals surface area contributed by atoms with Crippen LogP contribution in [0.3, 0.4) is 0 Å². The maximum absolute atomic E-state index is 6.29. The molecule has 2 atom stereocenters. The van der Waals surface area contributed by atoms with Gasteiger partial charge in [-0.15, -0.1) is 16.4 Å². The van der Waals surface area contributed by atoms with Gasteiger partial charge >= 0.3 is 0 Å². The van der Waals surface area contributed by atoms with E-state index in [0.717, 1.165) is 68.0 Å². The first kappa shape index (κ1) is 18.7. The molecule has 1 spiro atoms. The van der Waals surface area contributed by atoms with Crippen molar-refractivity contribution >= 4 is 17.2 Å². The SMILES string of the molecule is Cc1ccc(NC[C@@H]2CO[C@@]3(COCCN(Cc4csc(C)n4)C3)C2)nn1. The van der Waals surface area contributed by atoms with E-state index in [2.05, 4.69) is 37.7 Å². The normalized spacial score (nSPS) is 26.4. The third-order valence-electron chi connectivity index (χ3n) is 5.14. The van der Waals surface area contributed by atoms with Gasteiger partial charge in [0.1, 0.15) is 11.4 Å². The zero-order chi connectivity index (χ0) is 18.7. The lowest BCUT2D eigenvalue weighted by Gasteiger charge is -2.30. The van der Waals surface area contributed by atoms with Crippen LogP contribution in [0, 0.1) is 19.8 Å². The van der Waals surface area contributed by atoms with Gasteiger partial charge in [0.25, 0.3) is 0 Å². The number of nitrogens with zero attached hydrogens (tertiary/aromatic N) is 4. The van der Waals surface area contributed by atoms with Gasteiger partial charge in [0, 0.05) is 37.5 Å². The smallest absolute Gasteiger partial charge is 0.148 e. The fraction of sp³-hybridized carbons (Fsp3) is 0.632. The molecule has 0 amide bonds. The number of hydrogen-bond donors (Lipinski definition) is 1. The van der Waals surface area contributed by atoms with Crippen molar-refractivity contribution in [3.8, 4) is 0 Å². The third kappa shape index (κ3) is 4.82. The summed E-state index contributed by atoms with van der Waals surface area (Å²) in [6, 6.07) is 3.94. The molecular weight excluding hydrogens is 362 g/mol. The molecule has 2 aliphatic rings. The van der Waals surface area contributed by atoms with Gasteiger partial charge in [-0.05, 0) is 32.4 Å². The first-order chi connectivity index (χ1) is 13.1. The topological polar surface area (TPSA) is 72.4 Å². The quantitative estimate of drug-likeness (QED) is 0.841. The fourth-order valence-corrected chi connectivity index (χ4v) is 4.46. The van der Waals surface area contributed by atoms with Crippen LogP contribution in [-0.4, -0.2) is 65.1 Å². The molecule has 146 valence electrons. The second kappa shape index (κ2) is 8.18. The molecule has 1 N–H and O–H groups in total. The second-order valence-electron chi connectivity index (χ2n) is 7.63. The Morgan fingerprint density at radius 3 is 3.04 bits per heavy atom. The highest BCUT2D eigenvalue weighted by atomic mass is 32.1. The molecule has 2 aromatic heterocycles. The minimum atomic E-state index is -0.215. The van der Waals surface area contributed by atoms with Crippen LogP contribution in [-0.2, 0) is 16.0 Å². The van der Waals surface area contributed by atoms with Gasteiger partial charge in [0.15, 0.2) is 0 Å². The van der Waals surface area contributed by atoms with Gasteiger partial charge in [-0.25, -0.2) is 4.98 Å². The number of anilines is 1. The lowest BCUT2D eigenvalue weighted by molar-refractivity contribution is -0.0563.